The van der Waals surface area contributed by atoms with Gasteiger partial charge in [-0.15, -0.1) is 0 Å². The van der Waals surface area contributed by atoms with Crippen LogP contribution in [0.5, 0.6) is 5.88 Å². The van der Waals surface area contributed by atoms with E-state index in [1.54, 1.807) is 0 Å². The van der Waals surface area contributed by atoms with Gasteiger partial charge in [0, 0.05) is 11.5 Å². The fraction of sp³-hybridized carbons (Fsp3) is 0.529. The van der Waals surface area contributed by atoms with E-state index >= 15 is 0 Å². The third-order valence-corrected chi connectivity index (χ3v) is 4.42. The van der Waals surface area contributed by atoms with Crippen LogP contribution in [0.3, 0.4) is 0 Å². The van der Waals surface area contributed by atoms with Crippen molar-refractivity contribution >= 4 is 11.5 Å². The van der Waals surface area contributed by atoms with Gasteiger partial charge < -0.3 is 14.4 Å². The number of ketones is 1. The summed E-state index contributed by atoms with van der Waals surface area (Å²) in [5.74, 6) is 0.496. The normalized spacial score (nSPS) is 23.2. The molecule has 6 nitrogen and oxygen atoms in total. The van der Waals surface area contributed by atoms with Crippen molar-refractivity contribution in [1.82, 2.24) is 10.1 Å². The zero-order chi connectivity index (χ0) is 16.6. The van der Waals surface area contributed by atoms with Crippen LogP contribution in [0.15, 0.2) is 22.2 Å². The zero-order valence-electron chi connectivity index (χ0n) is 13.7. The predicted molar refractivity (Wildman–Crippen MR) is 85.1 cm³/mol. The molecule has 6 heteroatoms. The van der Waals surface area contributed by atoms with E-state index in [0.717, 1.165) is 12.8 Å². The molecular formula is C17H22N2O4. The van der Waals surface area contributed by atoms with Crippen LogP contribution in [-0.2, 0) is 4.79 Å². The molecule has 3 rings (SSSR count). The molecule has 2 aliphatic carbocycles. The molecule has 1 heterocycles. The van der Waals surface area contributed by atoms with Crippen LogP contribution in [0, 0.1) is 5.92 Å². The summed E-state index contributed by atoms with van der Waals surface area (Å²) in [5, 5.41) is 14.7. The Morgan fingerprint density at radius 2 is 2.26 bits per heavy atom. The van der Waals surface area contributed by atoms with Crippen molar-refractivity contribution in [3.05, 3.63) is 29.0 Å². The van der Waals surface area contributed by atoms with E-state index in [0.29, 0.717) is 29.9 Å². The van der Waals surface area contributed by atoms with Crippen LogP contribution in [0.4, 0.5) is 0 Å². The summed E-state index contributed by atoms with van der Waals surface area (Å²) in [7, 11) is 3.86. The first kappa shape index (κ1) is 15.8. The number of allylic oxidation sites excluding steroid dienone is 2. The minimum absolute atomic E-state index is 0.0507. The maximum atomic E-state index is 12.3. The zero-order valence-corrected chi connectivity index (χ0v) is 13.7. The smallest absolute Gasteiger partial charge is 0.265 e. The Morgan fingerprint density at radius 3 is 2.96 bits per heavy atom. The molecule has 0 unspecified atom stereocenters. The van der Waals surface area contributed by atoms with E-state index in [4.69, 9.17) is 9.26 Å². The SMILES string of the molecule is CCCCOc1noc2c1C(O)=C1C(=O)C=CC[C@H]1[C@H]2N(C)C. The van der Waals surface area contributed by atoms with Crippen LogP contribution in [0.25, 0.3) is 5.76 Å². The van der Waals surface area contributed by atoms with E-state index in [9.17, 15) is 9.90 Å². The van der Waals surface area contributed by atoms with Gasteiger partial charge in [0.2, 0.25) is 0 Å². The Morgan fingerprint density at radius 1 is 1.48 bits per heavy atom. The van der Waals surface area contributed by atoms with Gasteiger partial charge in [-0.05, 0) is 38.2 Å². The number of fused-ring (bicyclic) bond motifs is 2. The number of aliphatic hydroxyl groups excluding tert-OH is 1. The number of unbranched alkanes of at least 4 members (excludes halogenated alkanes) is 1. The molecule has 0 aromatic carbocycles. The molecule has 0 radical (unpaired) electrons. The van der Waals surface area contributed by atoms with Crippen LogP contribution in [-0.4, -0.2) is 41.6 Å². The van der Waals surface area contributed by atoms with Crippen molar-refractivity contribution in [2.75, 3.05) is 20.7 Å². The lowest BCUT2D eigenvalue weighted by molar-refractivity contribution is -0.112. The number of hydrogen-bond acceptors (Lipinski definition) is 6. The molecule has 2 atom stereocenters. The summed E-state index contributed by atoms with van der Waals surface area (Å²) in [5.41, 5.74) is 0.858. The Hall–Kier alpha value is -2.08. The number of ether oxygens (including phenoxy) is 1. The van der Waals surface area contributed by atoms with Gasteiger partial charge >= 0.3 is 0 Å². The van der Waals surface area contributed by atoms with Gasteiger partial charge in [0.1, 0.15) is 11.3 Å². The average Bonchev–Trinajstić information content (AvgIpc) is 2.91. The van der Waals surface area contributed by atoms with Gasteiger partial charge in [0.05, 0.1) is 12.6 Å². The third kappa shape index (κ3) is 2.57. The Labute approximate surface area is 135 Å². The summed E-state index contributed by atoms with van der Waals surface area (Å²) in [6, 6.07) is -0.152. The summed E-state index contributed by atoms with van der Waals surface area (Å²) in [6.07, 6.45) is 5.94. The molecule has 0 saturated carbocycles. The number of carbonyl (C=O) groups excluding carboxylic acids is 1. The summed E-state index contributed by atoms with van der Waals surface area (Å²) < 4.78 is 11.2. The maximum Gasteiger partial charge on any atom is 0.265 e. The second-order valence-corrected chi connectivity index (χ2v) is 6.21. The minimum atomic E-state index is -0.156. The molecular weight excluding hydrogens is 296 g/mol. The van der Waals surface area contributed by atoms with Crippen molar-refractivity contribution in [3.63, 3.8) is 0 Å². The van der Waals surface area contributed by atoms with Crippen molar-refractivity contribution in [1.29, 1.82) is 0 Å². The first-order chi connectivity index (χ1) is 11.1. The van der Waals surface area contributed by atoms with Crippen LogP contribution < -0.4 is 4.74 Å². The summed E-state index contributed by atoms with van der Waals surface area (Å²) >= 11 is 0. The van der Waals surface area contributed by atoms with Crippen LogP contribution >= 0.6 is 0 Å². The second-order valence-electron chi connectivity index (χ2n) is 6.21. The molecule has 0 spiro atoms. The standard InChI is InChI=1S/C17H22N2O4/c1-4-5-9-22-17-13-15(21)12-10(7-6-8-11(12)20)14(19(2)3)16(13)23-18-17/h6,8,10,14,21H,4-5,7,9H2,1-3H3/t10-,14-/m1/s1. The molecule has 23 heavy (non-hydrogen) atoms. The second kappa shape index (κ2) is 6.20. The molecule has 0 aliphatic heterocycles. The molecule has 1 aromatic heterocycles. The Bertz CT molecular complexity index is 672. The topological polar surface area (TPSA) is 75.8 Å². The van der Waals surface area contributed by atoms with Crippen molar-refractivity contribution < 1.29 is 19.2 Å². The van der Waals surface area contributed by atoms with Gasteiger partial charge in [-0.2, -0.15) is 0 Å². The van der Waals surface area contributed by atoms with Crippen LogP contribution in [0.2, 0.25) is 0 Å². The molecule has 1 aromatic rings. The third-order valence-electron chi connectivity index (χ3n) is 4.42. The van der Waals surface area contributed by atoms with Crippen molar-refractivity contribution in [2.45, 2.75) is 32.2 Å². The highest BCUT2D eigenvalue weighted by atomic mass is 16.5. The molecule has 0 amide bonds. The lowest BCUT2D eigenvalue weighted by Crippen LogP contribution is -2.35. The van der Waals surface area contributed by atoms with Gasteiger partial charge in [-0.3, -0.25) is 9.69 Å². The number of carbonyl (C=O) groups is 1. The Balaban J connectivity index is 2.08. The fourth-order valence-corrected chi connectivity index (χ4v) is 3.32. The monoisotopic (exact) mass is 318 g/mol. The first-order valence-electron chi connectivity index (χ1n) is 7.99. The van der Waals surface area contributed by atoms with E-state index < -0.39 is 0 Å². The number of aliphatic hydroxyl groups is 1. The molecule has 0 saturated heterocycles. The molecule has 124 valence electrons. The number of aromatic nitrogens is 1. The lowest BCUT2D eigenvalue weighted by Gasteiger charge is -2.36. The molecule has 0 bridgehead atoms. The average molecular weight is 318 g/mol. The summed E-state index contributed by atoms with van der Waals surface area (Å²) in [4.78, 5) is 14.3. The number of hydrogen-bond donors (Lipinski definition) is 1. The fourth-order valence-electron chi connectivity index (χ4n) is 3.32. The highest BCUT2D eigenvalue weighted by Gasteiger charge is 2.44. The molecule has 1 N–H and O–H groups in total. The van der Waals surface area contributed by atoms with Gasteiger partial charge in [-0.25, -0.2) is 0 Å². The van der Waals surface area contributed by atoms with Gasteiger partial charge in [0.25, 0.3) is 5.88 Å². The van der Waals surface area contributed by atoms with Crippen LogP contribution in [0.1, 0.15) is 43.6 Å². The maximum absolute atomic E-state index is 12.3. The van der Waals surface area contributed by atoms with E-state index in [1.807, 2.05) is 25.1 Å². The first-order valence-corrected chi connectivity index (χ1v) is 7.99. The van der Waals surface area contributed by atoms with E-state index in [2.05, 4.69) is 12.1 Å². The number of rotatable bonds is 5. The van der Waals surface area contributed by atoms with Crippen molar-refractivity contribution in [2.24, 2.45) is 5.92 Å². The quantitative estimate of drug-likeness (QED) is 0.841. The van der Waals surface area contributed by atoms with Crippen molar-refractivity contribution in [3.8, 4) is 5.88 Å². The molecule has 2 aliphatic rings. The van der Waals surface area contributed by atoms with Gasteiger partial charge in [-0.1, -0.05) is 19.4 Å². The lowest BCUT2D eigenvalue weighted by atomic mass is 9.75. The Kier molecular flexibility index (Phi) is 4.26. The summed E-state index contributed by atoms with van der Waals surface area (Å²) in [6.45, 7) is 2.57. The highest BCUT2D eigenvalue weighted by Crippen LogP contribution is 2.48. The molecule has 0 fully saturated rings. The van der Waals surface area contributed by atoms with E-state index in [-0.39, 0.29) is 29.4 Å². The van der Waals surface area contributed by atoms with E-state index in [1.165, 1.54) is 6.08 Å². The number of nitrogens with zero attached hydrogens (tertiary/aromatic N) is 2. The van der Waals surface area contributed by atoms with Gasteiger partial charge in [0.15, 0.2) is 11.5 Å². The largest absolute Gasteiger partial charge is 0.507 e. The minimum Gasteiger partial charge on any atom is -0.507 e. The highest BCUT2D eigenvalue weighted by molar-refractivity contribution is 6.10. The predicted octanol–water partition coefficient (Wildman–Crippen LogP) is 2.88.